The fourth-order valence-electron chi connectivity index (χ4n) is 3.53. The summed E-state index contributed by atoms with van der Waals surface area (Å²) in [6.45, 7) is 4.97. The van der Waals surface area contributed by atoms with Crippen molar-refractivity contribution in [2.24, 2.45) is 0 Å². The third-order valence-corrected chi connectivity index (χ3v) is 4.66. The van der Waals surface area contributed by atoms with E-state index < -0.39 is 0 Å². The first-order valence-corrected chi connectivity index (χ1v) is 8.81. The third kappa shape index (κ3) is 3.18. The van der Waals surface area contributed by atoms with Gasteiger partial charge in [-0.1, -0.05) is 24.3 Å². The SMILES string of the molecule is Cc1cc(C)cc(NC(=O)c2ccc(N3CCc4ccccc43)cn2)c1. The van der Waals surface area contributed by atoms with E-state index in [1.807, 2.05) is 32.0 Å². The molecule has 0 spiro atoms. The molecule has 0 bridgehead atoms. The largest absolute Gasteiger partial charge is 0.340 e. The summed E-state index contributed by atoms with van der Waals surface area (Å²) in [4.78, 5) is 19.1. The molecule has 0 aliphatic carbocycles. The van der Waals surface area contributed by atoms with Crippen LogP contribution >= 0.6 is 0 Å². The molecule has 0 atom stereocenters. The number of nitrogens with zero attached hydrogens (tertiary/aromatic N) is 2. The van der Waals surface area contributed by atoms with Crippen LogP contribution in [0.15, 0.2) is 60.8 Å². The molecule has 1 aromatic heterocycles. The minimum atomic E-state index is -0.191. The molecule has 2 aromatic carbocycles. The predicted molar refractivity (Wildman–Crippen MR) is 105 cm³/mol. The normalized spacial score (nSPS) is 12.8. The van der Waals surface area contributed by atoms with Crippen molar-refractivity contribution in [3.8, 4) is 0 Å². The molecule has 1 N–H and O–H groups in total. The van der Waals surface area contributed by atoms with Crippen molar-refractivity contribution in [3.05, 3.63) is 83.2 Å². The summed E-state index contributed by atoms with van der Waals surface area (Å²) in [6.07, 6.45) is 2.81. The van der Waals surface area contributed by atoms with Crippen LogP contribution < -0.4 is 10.2 Å². The average Bonchev–Trinajstić information content (AvgIpc) is 3.05. The number of anilines is 3. The minimum absolute atomic E-state index is 0.191. The van der Waals surface area contributed by atoms with Gasteiger partial charge in [-0.2, -0.15) is 0 Å². The van der Waals surface area contributed by atoms with Gasteiger partial charge in [-0.25, -0.2) is 4.98 Å². The summed E-state index contributed by atoms with van der Waals surface area (Å²) in [5.41, 5.74) is 7.05. The zero-order chi connectivity index (χ0) is 18.1. The quantitative estimate of drug-likeness (QED) is 0.753. The zero-order valence-corrected chi connectivity index (χ0v) is 15.0. The monoisotopic (exact) mass is 343 g/mol. The van der Waals surface area contributed by atoms with Gasteiger partial charge < -0.3 is 10.2 Å². The van der Waals surface area contributed by atoms with Crippen molar-refractivity contribution >= 4 is 23.0 Å². The summed E-state index contributed by atoms with van der Waals surface area (Å²) >= 11 is 0. The van der Waals surface area contributed by atoms with Crippen molar-refractivity contribution < 1.29 is 4.79 Å². The standard InChI is InChI=1S/C22H21N3O/c1-15-11-16(2)13-18(12-15)24-22(26)20-8-7-19(14-23-20)25-10-9-17-5-3-4-6-21(17)25/h3-8,11-14H,9-10H2,1-2H3,(H,24,26). The molecule has 130 valence electrons. The van der Waals surface area contributed by atoms with Crippen molar-refractivity contribution in [2.45, 2.75) is 20.3 Å². The number of rotatable bonds is 3. The van der Waals surface area contributed by atoms with Crippen molar-refractivity contribution in [2.75, 3.05) is 16.8 Å². The molecular formula is C22H21N3O. The van der Waals surface area contributed by atoms with Crippen molar-refractivity contribution in [1.29, 1.82) is 0 Å². The van der Waals surface area contributed by atoms with Gasteiger partial charge in [-0.15, -0.1) is 0 Å². The smallest absolute Gasteiger partial charge is 0.274 e. The second-order valence-electron chi connectivity index (χ2n) is 6.76. The van der Waals surface area contributed by atoms with Gasteiger partial charge in [-0.3, -0.25) is 4.79 Å². The summed E-state index contributed by atoms with van der Waals surface area (Å²) < 4.78 is 0. The molecule has 4 rings (SSSR count). The number of pyridine rings is 1. The summed E-state index contributed by atoms with van der Waals surface area (Å²) in [7, 11) is 0. The van der Waals surface area contributed by atoms with E-state index in [0.717, 1.165) is 35.5 Å². The van der Waals surface area contributed by atoms with Crippen molar-refractivity contribution in [1.82, 2.24) is 4.98 Å². The molecule has 0 radical (unpaired) electrons. The average molecular weight is 343 g/mol. The Bertz CT molecular complexity index is 943. The van der Waals surface area contributed by atoms with Crippen LogP contribution in [-0.4, -0.2) is 17.4 Å². The second kappa shape index (κ2) is 6.64. The van der Waals surface area contributed by atoms with Crippen LogP contribution in [0.1, 0.15) is 27.2 Å². The van der Waals surface area contributed by atoms with Crippen LogP contribution in [0.25, 0.3) is 0 Å². The highest BCUT2D eigenvalue weighted by Gasteiger charge is 2.20. The van der Waals surface area contributed by atoms with Crippen molar-refractivity contribution in [3.63, 3.8) is 0 Å². The highest BCUT2D eigenvalue weighted by Crippen LogP contribution is 2.33. The first kappa shape index (κ1) is 16.3. The molecule has 0 fully saturated rings. The number of fused-ring (bicyclic) bond motifs is 1. The number of carbonyl (C=O) groups excluding carboxylic acids is 1. The number of para-hydroxylation sites is 1. The Morgan fingerprint density at radius 1 is 1.04 bits per heavy atom. The molecule has 26 heavy (non-hydrogen) atoms. The van der Waals surface area contributed by atoms with E-state index in [-0.39, 0.29) is 5.91 Å². The number of nitrogens with one attached hydrogen (secondary N) is 1. The Kier molecular flexibility index (Phi) is 4.17. The highest BCUT2D eigenvalue weighted by molar-refractivity contribution is 6.03. The molecule has 3 aromatic rings. The number of hydrogen-bond acceptors (Lipinski definition) is 3. The molecule has 0 saturated heterocycles. The number of aromatic nitrogens is 1. The molecule has 1 amide bonds. The van der Waals surface area contributed by atoms with Crippen LogP contribution in [-0.2, 0) is 6.42 Å². The van der Waals surface area contributed by atoms with Crippen LogP contribution in [0.2, 0.25) is 0 Å². The Morgan fingerprint density at radius 3 is 2.54 bits per heavy atom. The number of benzene rings is 2. The maximum Gasteiger partial charge on any atom is 0.274 e. The van der Waals surface area contributed by atoms with E-state index in [1.54, 1.807) is 12.3 Å². The van der Waals surface area contributed by atoms with E-state index in [0.29, 0.717) is 5.69 Å². The maximum absolute atomic E-state index is 12.5. The Balaban J connectivity index is 1.52. The summed E-state index contributed by atoms with van der Waals surface area (Å²) in [6, 6.07) is 18.2. The third-order valence-electron chi connectivity index (χ3n) is 4.66. The van der Waals surface area contributed by atoms with Gasteiger partial charge in [0.15, 0.2) is 0 Å². The number of carbonyl (C=O) groups is 1. The van der Waals surface area contributed by atoms with E-state index in [9.17, 15) is 4.79 Å². The summed E-state index contributed by atoms with van der Waals surface area (Å²) in [5, 5.41) is 2.93. The van der Waals surface area contributed by atoms with E-state index in [4.69, 9.17) is 0 Å². The minimum Gasteiger partial charge on any atom is -0.340 e. The van der Waals surface area contributed by atoms with Crippen LogP contribution in [0.3, 0.4) is 0 Å². The van der Waals surface area contributed by atoms with Gasteiger partial charge in [0, 0.05) is 17.9 Å². The lowest BCUT2D eigenvalue weighted by Gasteiger charge is -2.19. The van der Waals surface area contributed by atoms with E-state index in [2.05, 4.69) is 45.5 Å². The van der Waals surface area contributed by atoms with E-state index in [1.165, 1.54) is 11.3 Å². The van der Waals surface area contributed by atoms with Gasteiger partial charge in [-0.05, 0) is 67.3 Å². The van der Waals surface area contributed by atoms with Gasteiger partial charge in [0.1, 0.15) is 5.69 Å². The predicted octanol–water partition coefficient (Wildman–Crippen LogP) is 4.64. The Labute approximate surface area is 153 Å². The lowest BCUT2D eigenvalue weighted by molar-refractivity contribution is 0.102. The van der Waals surface area contributed by atoms with Gasteiger partial charge in [0.05, 0.1) is 11.9 Å². The first-order chi connectivity index (χ1) is 12.6. The topological polar surface area (TPSA) is 45.2 Å². The zero-order valence-electron chi connectivity index (χ0n) is 15.0. The van der Waals surface area contributed by atoms with Gasteiger partial charge in [0.25, 0.3) is 5.91 Å². The fraction of sp³-hybridized carbons (Fsp3) is 0.182. The van der Waals surface area contributed by atoms with Crippen LogP contribution in [0.4, 0.5) is 17.1 Å². The first-order valence-electron chi connectivity index (χ1n) is 8.81. The molecule has 4 nitrogen and oxygen atoms in total. The molecule has 0 saturated carbocycles. The maximum atomic E-state index is 12.5. The number of aryl methyl sites for hydroxylation is 2. The highest BCUT2D eigenvalue weighted by atomic mass is 16.1. The molecule has 1 aliphatic heterocycles. The molecule has 0 unspecified atom stereocenters. The van der Waals surface area contributed by atoms with Crippen LogP contribution in [0, 0.1) is 13.8 Å². The van der Waals surface area contributed by atoms with Crippen LogP contribution in [0.5, 0.6) is 0 Å². The Morgan fingerprint density at radius 2 is 1.81 bits per heavy atom. The van der Waals surface area contributed by atoms with Gasteiger partial charge >= 0.3 is 0 Å². The molecule has 1 aliphatic rings. The van der Waals surface area contributed by atoms with E-state index >= 15 is 0 Å². The van der Waals surface area contributed by atoms with Gasteiger partial charge in [0.2, 0.25) is 0 Å². The molecule has 4 heteroatoms. The fourth-order valence-corrected chi connectivity index (χ4v) is 3.53. The Hall–Kier alpha value is -3.14. The lowest BCUT2D eigenvalue weighted by Crippen LogP contribution is -2.16. The number of amides is 1. The number of hydrogen-bond donors (Lipinski definition) is 1. The molecule has 2 heterocycles. The second-order valence-corrected chi connectivity index (χ2v) is 6.76. The lowest BCUT2D eigenvalue weighted by atomic mass is 10.1. The summed E-state index contributed by atoms with van der Waals surface area (Å²) in [5.74, 6) is -0.191. The molecular weight excluding hydrogens is 322 g/mol.